The fraction of sp³-hybridized carbons (Fsp3) is 0.350. The maximum absolute atomic E-state index is 12.8. The molecule has 0 aromatic heterocycles. The van der Waals surface area contributed by atoms with Crippen LogP contribution in [0.4, 0.5) is 13.2 Å². The van der Waals surface area contributed by atoms with Gasteiger partial charge in [0.05, 0.1) is 11.6 Å². The van der Waals surface area contributed by atoms with Crippen LogP contribution >= 0.6 is 11.6 Å². The summed E-state index contributed by atoms with van der Waals surface area (Å²) in [5, 5.41) is 0.139. The van der Waals surface area contributed by atoms with Gasteiger partial charge in [-0.2, -0.15) is 17.5 Å². The summed E-state index contributed by atoms with van der Waals surface area (Å²) in [4.78, 5) is 14.3. The fourth-order valence-corrected chi connectivity index (χ4v) is 5.05. The van der Waals surface area contributed by atoms with Crippen LogP contribution in [0.2, 0.25) is 5.02 Å². The first kappa shape index (κ1) is 23.5. The molecule has 168 valence electrons. The molecule has 2 aromatic rings. The molecule has 0 spiro atoms. The number of ether oxygens (including phenoxy) is 1. The van der Waals surface area contributed by atoms with Crippen LogP contribution in [0.25, 0.3) is 0 Å². The summed E-state index contributed by atoms with van der Waals surface area (Å²) in [5.74, 6) is -0.280. The van der Waals surface area contributed by atoms with E-state index >= 15 is 0 Å². The molecule has 31 heavy (non-hydrogen) atoms. The van der Waals surface area contributed by atoms with Gasteiger partial charge in [0.25, 0.3) is 5.91 Å². The number of carbonyl (C=O) groups is 1. The summed E-state index contributed by atoms with van der Waals surface area (Å²) in [6.07, 6.45) is -4.39. The Balaban J connectivity index is 1.57. The molecule has 0 atom stereocenters. The first-order chi connectivity index (χ1) is 14.6. The lowest BCUT2D eigenvalue weighted by Crippen LogP contribution is -2.50. The van der Waals surface area contributed by atoms with E-state index < -0.39 is 22.8 Å². The molecule has 1 amide bonds. The van der Waals surface area contributed by atoms with Crippen LogP contribution in [-0.4, -0.2) is 62.5 Å². The molecule has 3 rings (SSSR count). The second-order valence-corrected chi connectivity index (χ2v) is 9.25. The molecular weight excluding hydrogens is 457 g/mol. The van der Waals surface area contributed by atoms with Crippen LogP contribution in [-0.2, 0) is 21.4 Å². The number of hydrogen-bond acceptors (Lipinski definition) is 4. The number of benzene rings is 2. The lowest BCUT2D eigenvalue weighted by Gasteiger charge is -2.34. The van der Waals surface area contributed by atoms with E-state index in [1.165, 1.54) is 45.6 Å². The Bertz CT molecular complexity index is 1020. The van der Waals surface area contributed by atoms with Crippen molar-refractivity contribution < 1.29 is 31.1 Å². The average molecular weight is 477 g/mol. The fourth-order valence-electron chi connectivity index (χ4n) is 3.14. The van der Waals surface area contributed by atoms with Gasteiger partial charge in [0.2, 0.25) is 10.0 Å². The van der Waals surface area contributed by atoms with Gasteiger partial charge < -0.3 is 9.64 Å². The number of hydrogen-bond donors (Lipinski definition) is 0. The van der Waals surface area contributed by atoms with Crippen LogP contribution < -0.4 is 0 Å². The molecule has 6 nitrogen and oxygen atoms in total. The molecule has 1 fully saturated rings. The van der Waals surface area contributed by atoms with Crippen LogP contribution in [0.15, 0.2) is 53.4 Å². The van der Waals surface area contributed by atoms with Gasteiger partial charge in [-0.1, -0.05) is 35.9 Å². The highest BCUT2D eigenvalue weighted by molar-refractivity contribution is 7.89. The van der Waals surface area contributed by atoms with Crippen LogP contribution in [0, 0.1) is 0 Å². The zero-order chi connectivity index (χ0) is 22.6. The number of sulfonamides is 1. The van der Waals surface area contributed by atoms with Crippen molar-refractivity contribution in [1.82, 2.24) is 9.21 Å². The van der Waals surface area contributed by atoms with Crippen molar-refractivity contribution in [2.75, 3.05) is 32.8 Å². The topological polar surface area (TPSA) is 66.9 Å². The lowest BCUT2D eigenvalue weighted by atomic mass is 10.1. The number of alkyl halides is 3. The average Bonchev–Trinajstić information content (AvgIpc) is 2.73. The SMILES string of the molecule is O=C(c1ccc(COCC(F)(F)F)cc1)N1CCN(S(=O)(=O)c2ccccc2Cl)CC1. The van der Waals surface area contributed by atoms with Gasteiger partial charge in [-0.15, -0.1) is 0 Å². The Morgan fingerprint density at radius 2 is 1.61 bits per heavy atom. The van der Waals surface area contributed by atoms with Crippen molar-refractivity contribution in [2.45, 2.75) is 17.7 Å². The molecule has 0 N–H and O–H groups in total. The lowest BCUT2D eigenvalue weighted by molar-refractivity contribution is -0.176. The highest BCUT2D eigenvalue weighted by atomic mass is 35.5. The van der Waals surface area contributed by atoms with E-state index in [2.05, 4.69) is 4.74 Å². The van der Waals surface area contributed by atoms with E-state index in [0.29, 0.717) is 11.1 Å². The molecule has 1 aliphatic heterocycles. The van der Waals surface area contributed by atoms with E-state index in [-0.39, 0.29) is 48.6 Å². The van der Waals surface area contributed by atoms with Crippen molar-refractivity contribution in [3.63, 3.8) is 0 Å². The largest absolute Gasteiger partial charge is 0.411 e. The summed E-state index contributed by atoms with van der Waals surface area (Å²) in [5.41, 5.74) is 0.874. The van der Waals surface area contributed by atoms with Crippen LogP contribution in [0.5, 0.6) is 0 Å². The van der Waals surface area contributed by atoms with Gasteiger partial charge in [0, 0.05) is 31.7 Å². The van der Waals surface area contributed by atoms with Crippen molar-refractivity contribution >= 4 is 27.5 Å². The summed E-state index contributed by atoms with van der Waals surface area (Å²) in [7, 11) is -3.76. The Hall–Kier alpha value is -2.14. The number of rotatable bonds is 6. The summed E-state index contributed by atoms with van der Waals surface area (Å²) < 4.78 is 67.9. The van der Waals surface area contributed by atoms with Gasteiger partial charge in [0.15, 0.2) is 0 Å². The zero-order valence-corrected chi connectivity index (χ0v) is 17.9. The van der Waals surface area contributed by atoms with Gasteiger partial charge in [0.1, 0.15) is 11.5 Å². The Morgan fingerprint density at radius 3 is 2.19 bits per heavy atom. The highest BCUT2D eigenvalue weighted by Gasteiger charge is 2.31. The van der Waals surface area contributed by atoms with E-state index in [4.69, 9.17) is 11.6 Å². The molecule has 0 aliphatic carbocycles. The minimum atomic E-state index is -4.39. The molecule has 1 saturated heterocycles. The third-order valence-electron chi connectivity index (χ3n) is 4.72. The Morgan fingerprint density at radius 1 is 1.00 bits per heavy atom. The van der Waals surface area contributed by atoms with E-state index in [1.54, 1.807) is 12.1 Å². The predicted octanol–water partition coefficient (Wildman–Crippen LogP) is 3.57. The maximum Gasteiger partial charge on any atom is 0.411 e. The standard InChI is InChI=1S/C20H20ClF3N2O4S/c21-17-3-1-2-4-18(17)31(28,29)26-11-9-25(10-12-26)19(27)16-7-5-15(6-8-16)13-30-14-20(22,23)24/h1-8H,9-14H2. The van der Waals surface area contributed by atoms with Gasteiger partial charge >= 0.3 is 6.18 Å². The molecule has 11 heteroatoms. The quantitative estimate of drug-likeness (QED) is 0.639. The van der Waals surface area contributed by atoms with E-state index in [1.807, 2.05) is 0 Å². The molecule has 0 unspecified atom stereocenters. The van der Waals surface area contributed by atoms with Crippen molar-refractivity contribution in [1.29, 1.82) is 0 Å². The smallest absolute Gasteiger partial charge is 0.367 e. The number of amides is 1. The minimum Gasteiger partial charge on any atom is -0.367 e. The third-order valence-corrected chi connectivity index (χ3v) is 7.11. The first-order valence-electron chi connectivity index (χ1n) is 9.35. The summed E-state index contributed by atoms with van der Waals surface area (Å²) >= 11 is 6.02. The molecule has 0 saturated carbocycles. The van der Waals surface area contributed by atoms with Crippen molar-refractivity contribution in [3.05, 3.63) is 64.7 Å². The molecule has 0 radical (unpaired) electrons. The van der Waals surface area contributed by atoms with E-state index in [9.17, 15) is 26.4 Å². The Kier molecular flexibility index (Phi) is 7.25. The van der Waals surface area contributed by atoms with Crippen molar-refractivity contribution in [3.8, 4) is 0 Å². The number of piperazine rings is 1. The van der Waals surface area contributed by atoms with Crippen LogP contribution in [0.3, 0.4) is 0 Å². The normalized spacial score (nSPS) is 15.8. The predicted molar refractivity (Wildman–Crippen MR) is 108 cm³/mol. The molecule has 1 heterocycles. The van der Waals surface area contributed by atoms with Gasteiger partial charge in [-0.3, -0.25) is 4.79 Å². The van der Waals surface area contributed by atoms with Crippen molar-refractivity contribution in [2.24, 2.45) is 0 Å². The second kappa shape index (κ2) is 9.56. The highest BCUT2D eigenvalue weighted by Crippen LogP contribution is 2.25. The third kappa shape index (κ3) is 5.97. The molecule has 0 bridgehead atoms. The molecular formula is C20H20ClF3N2O4S. The van der Waals surface area contributed by atoms with Crippen LogP contribution in [0.1, 0.15) is 15.9 Å². The molecule has 2 aromatic carbocycles. The zero-order valence-electron chi connectivity index (χ0n) is 16.3. The first-order valence-corrected chi connectivity index (χ1v) is 11.2. The van der Waals surface area contributed by atoms with Gasteiger partial charge in [-0.25, -0.2) is 8.42 Å². The Labute approximate surface area is 183 Å². The summed E-state index contributed by atoms with van der Waals surface area (Å²) in [6.45, 7) is -0.884. The summed E-state index contributed by atoms with van der Waals surface area (Å²) in [6, 6.07) is 12.3. The van der Waals surface area contributed by atoms with E-state index in [0.717, 1.165) is 0 Å². The monoisotopic (exact) mass is 476 g/mol. The minimum absolute atomic E-state index is 0.0276. The second-order valence-electron chi connectivity index (χ2n) is 6.93. The number of nitrogens with zero attached hydrogens (tertiary/aromatic N) is 2. The number of halogens is 4. The molecule has 1 aliphatic rings. The van der Waals surface area contributed by atoms with Gasteiger partial charge in [-0.05, 0) is 29.8 Å². The maximum atomic E-state index is 12.8. The number of carbonyl (C=O) groups excluding carboxylic acids is 1.